The van der Waals surface area contributed by atoms with Crippen molar-refractivity contribution in [2.24, 2.45) is 7.05 Å². The highest BCUT2D eigenvalue weighted by Gasteiger charge is 2.24. The van der Waals surface area contributed by atoms with E-state index in [9.17, 15) is 5.11 Å². The number of hydrogen-bond donors (Lipinski definition) is 1. The SMILES string of the molecule is Cc1ccc(Oc2c(CN(Cc3ccco3)C[C@@H](O)COC(C)C)c(-c3ccccc3)nn2C)cc1. The number of aryl methyl sites for hydroxylation is 2. The van der Waals surface area contributed by atoms with Crippen LogP contribution in [0.1, 0.15) is 30.7 Å². The van der Waals surface area contributed by atoms with Gasteiger partial charge in [-0.1, -0.05) is 48.0 Å². The molecule has 2 heterocycles. The lowest BCUT2D eigenvalue weighted by Gasteiger charge is -2.25. The highest BCUT2D eigenvalue weighted by Crippen LogP contribution is 2.34. The van der Waals surface area contributed by atoms with E-state index in [1.54, 1.807) is 10.9 Å². The second kappa shape index (κ2) is 12.0. The van der Waals surface area contributed by atoms with Crippen LogP contribution in [0.25, 0.3) is 11.3 Å². The van der Waals surface area contributed by atoms with Crippen molar-refractivity contribution in [3.63, 3.8) is 0 Å². The summed E-state index contributed by atoms with van der Waals surface area (Å²) < 4.78 is 19.4. The Labute approximate surface area is 212 Å². The van der Waals surface area contributed by atoms with Crippen molar-refractivity contribution in [2.75, 3.05) is 13.2 Å². The van der Waals surface area contributed by atoms with Crippen molar-refractivity contribution in [3.8, 4) is 22.9 Å². The van der Waals surface area contributed by atoms with Gasteiger partial charge in [-0.15, -0.1) is 0 Å². The Morgan fingerprint density at radius 3 is 2.42 bits per heavy atom. The van der Waals surface area contributed by atoms with Crippen LogP contribution in [0.15, 0.2) is 77.4 Å². The number of hydrogen-bond acceptors (Lipinski definition) is 6. The second-order valence-corrected chi connectivity index (χ2v) is 9.32. The Morgan fingerprint density at radius 1 is 1.00 bits per heavy atom. The first kappa shape index (κ1) is 25.7. The highest BCUT2D eigenvalue weighted by molar-refractivity contribution is 5.65. The lowest BCUT2D eigenvalue weighted by atomic mass is 10.1. The van der Waals surface area contributed by atoms with Gasteiger partial charge in [-0.05, 0) is 45.0 Å². The maximum atomic E-state index is 10.7. The molecule has 0 aliphatic carbocycles. The fourth-order valence-corrected chi connectivity index (χ4v) is 4.05. The van der Waals surface area contributed by atoms with Gasteiger partial charge in [-0.25, -0.2) is 4.68 Å². The molecule has 7 nitrogen and oxygen atoms in total. The maximum Gasteiger partial charge on any atom is 0.222 e. The van der Waals surface area contributed by atoms with Gasteiger partial charge in [0.1, 0.15) is 17.2 Å². The van der Waals surface area contributed by atoms with E-state index in [1.165, 1.54) is 5.56 Å². The average molecular weight is 490 g/mol. The molecule has 0 fully saturated rings. The Morgan fingerprint density at radius 2 is 1.75 bits per heavy atom. The van der Waals surface area contributed by atoms with Gasteiger partial charge in [-0.2, -0.15) is 5.10 Å². The number of aliphatic hydroxyl groups is 1. The summed E-state index contributed by atoms with van der Waals surface area (Å²) in [6.45, 7) is 7.66. The number of benzene rings is 2. The summed E-state index contributed by atoms with van der Waals surface area (Å²) in [5, 5.41) is 15.6. The molecular formula is C29H35N3O4. The van der Waals surface area contributed by atoms with Gasteiger partial charge < -0.3 is 19.0 Å². The van der Waals surface area contributed by atoms with Crippen LogP contribution in [0.3, 0.4) is 0 Å². The molecule has 36 heavy (non-hydrogen) atoms. The predicted octanol–water partition coefficient (Wildman–Crippen LogP) is 5.57. The van der Waals surface area contributed by atoms with Gasteiger partial charge in [0.05, 0.1) is 37.2 Å². The lowest BCUT2D eigenvalue weighted by Crippen LogP contribution is -2.35. The molecule has 0 saturated heterocycles. The number of aliphatic hydroxyl groups excluding tert-OH is 1. The Bertz CT molecular complexity index is 1200. The molecule has 2 aromatic heterocycles. The van der Waals surface area contributed by atoms with E-state index in [0.717, 1.165) is 28.3 Å². The van der Waals surface area contributed by atoms with Crippen LogP contribution in [0.4, 0.5) is 0 Å². The first-order chi connectivity index (χ1) is 17.4. The van der Waals surface area contributed by atoms with Crippen LogP contribution >= 0.6 is 0 Å². The monoisotopic (exact) mass is 489 g/mol. The maximum absolute atomic E-state index is 10.7. The number of furan rings is 1. The fraction of sp³-hybridized carbons (Fsp3) is 0.345. The minimum Gasteiger partial charge on any atom is -0.468 e. The molecule has 1 N–H and O–H groups in total. The van der Waals surface area contributed by atoms with Gasteiger partial charge in [-0.3, -0.25) is 4.90 Å². The van der Waals surface area contributed by atoms with Crippen LogP contribution in [0.5, 0.6) is 11.6 Å². The molecule has 0 aliphatic rings. The standard InChI is InChI=1S/C29H35N3O4/c1-21(2)35-20-24(33)17-32(18-26-11-8-16-34-26)19-27-28(23-9-6-5-7-10-23)30-31(4)29(27)36-25-14-12-22(3)13-15-25/h5-16,21,24,33H,17-20H2,1-4H3/t24-/m1/s1. The summed E-state index contributed by atoms with van der Waals surface area (Å²) >= 11 is 0. The quantitative estimate of drug-likeness (QED) is 0.281. The van der Waals surface area contributed by atoms with E-state index in [4.69, 9.17) is 19.0 Å². The number of nitrogens with zero attached hydrogens (tertiary/aromatic N) is 3. The van der Waals surface area contributed by atoms with Crippen molar-refractivity contribution >= 4 is 0 Å². The Hall–Kier alpha value is -3.39. The molecule has 0 radical (unpaired) electrons. The lowest BCUT2D eigenvalue weighted by molar-refractivity contribution is -0.0114. The van der Waals surface area contributed by atoms with Gasteiger partial charge in [0, 0.05) is 25.7 Å². The largest absolute Gasteiger partial charge is 0.468 e. The van der Waals surface area contributed by atoms with Crippen molar-refractivity contribution in [1.29, 1.82) is 0 Å². The van der Waals surface area contributed by atoms with E-state index in [0.29, 0.717) is 25.5 Å². The second-order valence-electron chi connectivity index (χ2n) is 9.32. The van der Waals surface area contributed by atoms with Crippen molar-refractivity contribution in [3.05, 3.63) is 89.9 Å². The van der Waals surface area contributed by atoms with Crippen LogP contribution < -0.4 is 4.74 Å². The molecule has 0 bridgehead atoms. The minimum absolute atomic E-state index is 0.0516. The van der Waals surface area contributed by atoms with Crippen LogP contribution in [0, 0.1) is 6.92 Å². The van der Waals surface area contributed by atoms with Gasteiger partial charge in [0.2, 0.25) is 5.88 Å². The van der Waals surface area contributed by atoms with Gasteiger partial charge >= 0.3 is 0 Å². The summed E-state index contributed by atoms with van der Waals surface area (Å²) in [5.41, 5.74) is 3.95. The van der Waals surface area contributed by atoms with E-state index in [-0.39, 0.29) is 12.7 Å². The third kappa shape index (κ3) is 6.85. The summed E-state index contributed by atoms with van der Waals surface area (Å²) in [5.74, 6) is 2.22. The van der Waals surface area contributed by atoms with Crippen molar-refractivity contribution < 1.29 is 19.0 Å². The molecule has 4 aromatic rings. The predicted molar refractivity (Wildman–Crippen MR) is 140 cm³/mol. The number of aromatic nitrogens is 2. The third-order valence-electron chi connectivity index (χ3n) is 5.80. The molecule has 0 saturated carbocycles. The first-order valence-electron chi connectivity index (χ1n) is 12.3. The number of rotatable bonds is 12. The molecular weight excluding hydrogens is 454 g/mol. The molecule has 190 valence electrons. The summed E-state index contributed by atoms with van der Waals surface area (Å²) in [6.07, 6.45) is 1.06. The summed E-state index contributed by atoms with van der Waals surface area (Å²) in [6, 6.07) is 21.9. The summed E-state index contributed by atoms with van der Waals surface area (Å²) in [4.78, 5) is 2.14. The first-order valence-corrected chi connectivity index (χ1v) is 12.3. The highest BCUT2D eigenvalue weighted by atomic mass is 16.5. The molecule has 0 spiro atoms. The average Bonchev–Trinajstić information content (AvgIpc) is 3.48. The summed E-state index contributed by atoms with van der Waals surface area (Å²) in [7, 11) is 1.89. The van der Waals surface area contributed by atoms with Crippen LogP contribution in [-0.4, -0.2) is 45.1 Å². The molecule has 0 aliphatic heterocycles. The van der Waals surface area contributed by atoms with Crippen molar-refractivity contribution in [1.82, 2.24) is 14.7 Å². The van der Waals surface area contributed by atoms with Gasteiger partial charge in [0.15, 0.2) is 0 Å². The molecule has 0 unspecified atom stereocenters. The van der Waals surface area contributed by atoms with Gasteiger partial charge in [0.25, 0.3) is 0 Å². The minimum atomic E-state index is -0.652. The van der Waals surface area contributed by atoms with Crippen molar-refractivity contribution in [2.45, 2.75) is 46.1 Å². The molecule has 1 atom stereocenters. The topological polar surface area (TPSA) is 72.9 Å². The molecule has 0 amide bonds. The zero-order chi connectivity index (χ0) is 25.5. The van der Waals surface area contributed by atoms with E-state index >= 15 is 0 Å². The smallest absolute Gasteiger partial charge is 0.222 e. The number of ether oxygens (including phenoxy) is 2. The van der Waals surface area contributed by atoms with E-state index < -0.39 is 6.10 Å². The van der Waals surface area contributed by atoms with Crippen LogP contribution in [-0.2, 0) is 24.9 Å². The Kier molecular flexibility index (Phi) is 8.59. The fourth-order valence-electron chi connectivity index (χ4n) is 4.05. The van der Waals surface area contributed by atoms with E-state index in [2.05, 4.69) is 4.90 Å². The molecule has 7 heteroatoms. The molecule has 2 aromatic carbocycles. The zero-order valence-corrected chi connectivity index (χ0v) is 21.4. The third-order valence-corrected chi connectivity index (χ3v) is 5.80. The zero-order valence-electron chi connectivity index (χ0n) is 21.4. The van der Waals surface area contributed by atoms with E-state index in [1.807, 2.05) is 94.5 Å². The molecule has 4 rings (SSSR count). The normalized spacial score (nSPS) is 12.4. The Balaban J connectivity index is 1.68. The van der Waals surface area contributed by atoms with Crippen LogP contribution in [0.2, 0.25) is 0 Å².